The first-order valence-electron chi connectivity index (χ1n) is 6.46. The molecule has 0 bridgehead atoms. The molecule has 0 aliphatic heterocycles. The number of oxime groups is 1. The second kappa shape index (κ2) is 6.54. The molecule has 0 aliphatic carbocycles. The standard InChI is InChI=1S/C15H19N3OS/c1-10-3-8-14(20-10)11(2)17-9-12-4-6-13(7-5-12)15(16)18-19/h3-8,11,17,19H,9H2,1-2H3,(H2,16,18). The van der Waals surface area contributed by atoms with Crippen LogP contribution in [0, 0.1) is 6.92 Å². The van der Waals surface area contributed by atoms with Crippen molar-refractivity contribution in [1.82, 2.24) is 5.32 Å². The van der Waals surface area contributed by atoms with Crippen LogP contribution < -0.4 is 11.1 Å². The Morgan fingerprint density at radius 2 is 2.00 bits per heavy atom. The molecule has 0 amide bonds. The molecule has 0 fully saturated rings. The summed E-state index contributed by atoms with van der Waals surface area (Å²) in [7, 11) is 0. The fraction of sp³-hybridized carbons (Fsp3) is 0.267. The van der Waals surface area contributed by atoms with Gasteiger partial charge in [-0.15, -0.1) is 11.3 Å². The number of rotatable bonds is 5. The number of hydrogen-bond acceptors (Lipinski definition) is 4. The predicted molar refractivity (Wildman–Crippen MR) is 83.3 cm³/mol. The summed E-state index contributed by atoms with van der Waals surface area (Å²) in [6.07, 6.45) is 0. The highest BCUT2D eigenvalue weighted by molar-refractivity contribution is 7.12. The molecular formula is C15H19N3OS. The minimum absolute atomic E-state index is 0.131. The third-order valence-corrected chi connectivity index (χ3v) is 4.34. The van der Waals surface area contributed by atoms with Crippen LogP contribution in [0.3, 0.4) is 0 Å². The molecule has 0 spiro atoms. The lowest BCUT2D eigenvalue weighted by Crippen LogP contribution is -2.17. The molecule has 1 aromatic carbocycles. The van der Waals surface area contributed by atoms with Gasteiger partial charge < -0.3 is 16.3 Å². The Kier molecular flexibility index (Phi) is 4.76. The molecule has 0 aliphatic rings. The van der Waals surface area contributed by atoms with E-state index in [1.54, 1.807) is 0 Å². The first-order chi connectivity index (χ1) is 9.60. The normalized spacial score (nSPS) is 13.4. The average molecular weight is 289 g/mol. The van der Waals surface area contributed by atoms with Gasteiger partial charge in [0.25, 0.3) is 0 Å². The number of nitrogens with two attached hydrogens (primary N) is 1. The summed E-state index contributed by atoms with van der Waals surface area (Å²) in [6, 6.07) is 12.3. The lowest BCUT2D eigenvalue weighted by atomic mass is 10.1. The fourth-order valence-electron chi connectivity index (χ4n) is 1.91. The molecule has 1 aromatic heterocycles. The van der Waals surface area contributed by atoms with Crippen LogP contribution >= 0.6 is 11.3 Å². The highest BCUT2D eigenvalue weighted by Gasteiger charge is 2.07. The zero-order chi connectivity index (χ0) is 14.5. The van der Waals surface area contributed by atoms with Crippen LogP contribution in [0.15, 0.2) is 41.6 Å². The molecule has 20 heavy (non-hydrogen) atoms. The van der Waals surface area contributed by atoms with E-state index in [4.69, 9.17) is 10.9 Å². The molecule has 0 radical (unpaired) electrons. The zero-order valence-corrected chi connectivity index (χ0v) is 12.4. The molecule has 1 heterocycles. The quantitative estimate of drug-likeness (QED) is 0.343. The Morgan fingerprint density at radius 3 is 2.55 bits per heavy atom. The van der Waals surface area contributed by atoms with E-state index >= 15 is 0 Å². The summed E-state index contributed by atoms with van der Waals surface area (Å²) in [5.41, 5.74) is 7.42. The number of amidine groups is 1. The second-order valence-corrected chi connectivity index (χ2v) is 6.05. The first kappa shape index (κ1) is 14.6. The van der Waals surface area contributed by atoms with E-state index in [0.29, 0.717) is 6.04 Å². The molecule has 0 saturated heterocycles. The molecule has 2 aromatic rings. The van der Waals surface area contributed by atoms with Gasteiger partial charge in [0.2, 0.25) is 0 Å². The molecule has 106 valence electrons. The van der Waals surface area contributed by atoms with Crippen LogP contribution in [0.5, 0.6) is 0 Å². The van der Waals surface area contributed by atoms with Crippen LogP contribution in [0.1, 0.15) is 33.8 Å². The van der Waals surface area contributed by atoms with Gasteiger partial charge in [0.1, 0.15) is 0 Å². The van der Waals surface area contributed by atoms with Crippen LogP contribution in [0.2, 0.25) is 0 Å². The summed E-state index contributed by atoms with van der Waals surface area (Å²) in [6.45, 7) is 5.07. The number of nitrogens with zero attached hydrogens (tertiary/aromatic N) is 1. The predicted octanol–water partition coefficient (Wildman–Crippen LogP) is 3.00. The monoisotopic (exact) mass is 289 g/mol. The molecule has 0 saturated carbocycles. The maximum atomic E-state index is 8.61. The van der Waals surface area contributed by atoms with Gasteiger partial charge in [-0.25, -0.2) is 0 Å². The molecule has 1 atom stereocenters. The van der Waals surface area contributed by atoms with Gasteiger partial charge in [-0.05, 0) is 31.5 Å². The average Bonchev–Trinajstić information content (AvgIpc) is 2.91. The maximum absolute atomic E-state index is 8.61. The molecular weight excluding hydrogens is 270 g/mol. The van der Waals surface area contributed by atoms with E-state index in [1.807, 2.05) is 35.6 Å². The van der Waals surface area contributed by atoms with Gasteiger partial charge in [-0.3, -0.25) is 0 Å². The van der Waals surface area contributed by atoms with Crippen LogP contribution in [0.25, 0.3) is 0 Å². The van der Waals surface area contributed by atoms with Crippen molar-refractivity contribution in [2.24, 2.45) is 10.9 Å². The third kappa shape index (κ3) is 3.59. The van der Waals surface area contributed by atoms with Gasteiger partial charge >= 0.3 is 0 Å². The van der Waals surface area contributed by atoms with Crippen LogP contribution in [0.4, 0.5) is 0 Å². The Labute approximate surface area is 122 Å². The molecule has 1 unspecified atom stereocenters. The van der Waals surface area contributed by atoms with Crippen molar-refractivity contribution in [3.63, 3.8) is 0 Å². The number of aryl methyl sites for hydroxylation is 1. The van der Waals surface area contributed by atoms with Crippen molar-refractivity contribution in [1.29, 1.82) is 0 Å². The number of hydrogen-bond donors (Lipinski definition) is 3. The Hall–Kier alpha value is -1.85. The van der Waals surface area contributed by atoms with E-state index in [9.17, 15) is 0 Å². The summed E-state index contributed by atoms with van der Waals surface area (Å²) in [5, 5.41) is 15.1. The van der Waals surface area contributed by atoms with Gasteiger partial charge in [0.05, 0.1) is 0 Å². The molecule has 5 heteroatoms. The first-order valence-corrected chi connectivity index (χ1v) is 7.28. The summed E-state index contributed by atoms with van der Waals surface area (Å²) < 4.78 is 0. The minimum atomic E-state index is 0.131. The second-order valence-electron chi connectivity index (χ2n) is 4.73. The molecule has 2 rings (SSSR count). The summed E-state index contributed by atoms with van der Waals surface area (Å²) in [4.78, 5) is 2.67. The largest absolute Gasteiger partial charge is 0.409 e. The van der Waals surface area contributed by atoms with Crippen molar-refractivity contribution in [2.45, 2.75) is 26.4 Å². The minimum Gasteiger partial charge on any atom is -0.409 e. The van der Waals surface area contributed by atoms with Crippen molar-refractivity contribution in [2.75, 3.05) is 0 Å². The highest BCUT2D eigenvalue weighted by Crippen LogP contribution is 2.22. The van der Waals surface area contributed by atoms with Crippen molar-refractivity contribution in [3.05, 3.63) is 57.3 Å². The third-order valence-electron chi connectivity index (χ3n) is 3.16. The number of thiophene rings is 1. The van der Waals surface area contributed by atoms with Gasteiger partial charge in [-0.2, -0.15) is 0 Å². The Bertz CT molecular complexity index is 589. The van der Waals surface area contributed by atoms with E-state index in [2.05, 4.69) is 36.5 Å². The van der Waals surface area contributed by atoms with Crippen molar-refractivity contribution >= 4 is 17.2 Å². The number of nitrogens with one attached hydrogen (secondary N) is 1. The van der Waals surface area contributed by atoms with Gasteiger partial charge in [-0.1, -0.05) is 29.4 Å². The van der Waals surface area contributed by atoms with E-state index in [0.717, 1.165) is 12.1 Å². The van der Waals surface area contributed by atoms with Crippen molar-refractivity contribution < 1.29 is 5.21 Å². The SMILES string of the molecule is Cc1ccc(C(C)NCc2ccc(C(N)=NO)cc2)s1. The molecule has 4 N–H and O–H groups in total. The molecule has 4 nitrogen and oxygen atoms in total. The van der Waals surface area contributed by atoms with Gasteiger partial charge in [0.15, 0.2) is 5.84 Å². The fourth-order valence-corrected chi connectivity index (χ4v) is 2.81. The Balaban J connectivity index is 1.94. The van der Waals surface area contributed by atoms with Crippen LogP contribution in [-0.4, -0.2) is 11.0 Å². The topological polar surface area (TPSA) is 70.6 Å². The lowest BCUT2D eigenvalue weighted by molar-refractivity contribution is 0.318. The maximum Gasteiger partial charge on any atom is 0.170 e. The van der Waals surface area contributed by atoms with E-state index in [-0.39, 0.29) is 5.84 Å². The lowest BCUT2D eigenvalue weighted by Gasteiger charge is -2.12. The van der Waals surface area contributed by atoms with Crippen LogP contribution in [-0.2, 0) is 6.54 Å². The van der Waals surface area contributed by atoms with E-state index in [1.165, 1.54) is 15.3 Å². The van der Waals surface area contributed by atoms with Gasteiger partial charge in [0, 0.05) is 27.9 Å². The zero-order valence-electron chi connectivity index (χ0n) is 11.6. The number of benzene rings is 1. The van der Waals surface area contributed by atoms with Crippen molar-refractivity contribution in [3.8, 4) is 0 Å². The highest BCUT2D eigenvalue weighted by atomic mass is 32.1. The Morgan fingerprint density at radius 1 is 1.30 bits per heavy atom. The summed E-state index contributed by atoms with van der Waals surface area (Å²) in [5.74, 6) is 0.131. The smallest absolute Gasteiger partial charge is 0.170 e. The van der Waals surface area contributed by atoms with E-state index < -0.39 is 0 Å². The summed E-state index contributed by atoms with van der Waals surface area (Å²) >= 11 is 1.82.